The van der Waals surface area contributed by atoms with Gasteiger partial charge in [-0.2, -0.15) is 13.2 Å². The molecule has 2 aromatic carbocycles. The molecule has 0 spiro atoms. The zero-order valence-corrected chi connectivity index (χ0v) is 12.6. The maximum atomic E-state index is 12.9. The van der Waals surface area contributed by atoms with Crippen molar-refractivity contribution in [2.45, 2.75) is 19.7 Å². The standard InChI is InChI=1S/C15H12BrF3O2/c1-9-6-11(4-5-14(9)16)21-12-3-2-10(8-20)13(7-12)15(17,18)19/h2-7,20H,8H2,1H3. The first kappa shape index (κ1) is 15.9. The van der Waals surface area contributed by atoms with E-state index in [0.717, 1.165) is 16.1 Å². The van der Waals surface area contributed by atoms with Gasteiger partial charge in [-0.05, 0) is 48.4 Å². The molecule has 2 aromatic rings. The van der Waals surface area contributed by atoms with Crippen molar-refractivity contribution in [2.75, 3.05) is 0 Å². The molecule has 0 heterocycles. The molecule has 112 valence electrons. The van der Waals surface area contributed by atoms with E-state index in [9.17, 15) is 13.2 Å². The van der Waals surface area contributed by atoms with Crippen LogP contribution in [0.2, 0.25) is 0 Å². The largest absolute Gasteiger partial charge is 0.457 e. The summed E-state index contributed by atoms with van der Waals surface area (Å²) < 4.78 is 45.0. The average molecular weight is 361 g/mol. The Balaban J connectivity index is 2.34. The van der Waals surface area contributed by atoms with Crippen LogP contribution in [0, 0.1) is 6.92 Å². The maximum Gasteiger partial charge on any atom is 0.416 e. The Morgan fingerprint density at radius 3 is 2.29 bits per heavy atom. The van der Waals surface area contributed by atoms with Crippen LogP contribution in [0.15, 0.2) is 40.9 Å². The van der Waals surface area contributed by atoms with E-state index in [1.54, 1.807) is 18.2 Å². The number of aliphatic hydroxyl groups is 1. The van der Waals surface area contributed by atoms with Crippen molar-refractivity contribution >= 4 is 15.9 Å². The first-order chi connectivity index (χ1) is 9.81. The quantitative estimate of drug-likeness (QED) is 0.828. The molecule has 6 heteroatoms. The third-order valence-corrected chi connectivity index (χ3v) is 3.81. The van der Waals surface area contributed by atoms with Crippen molar-refractivity contribution in [2.24, 2.45) is 0 Å². The van der Waals surface area contributed by atoms with E-state index < -0.39 is 18.3 Å². The van der Waals surface area contributed by atoms with Gasteiger partial charge in [-0.15, -0.1) is 0 Å². The lowest BCUT2D eigenvalue weighted by molar-refractivity contribution is -0.138. The molecular formula is C15H12BrF3O2. The normalized spacial score (nSPS) is 11.5. The number of halogens is 4. The minimum atomic E-state index is -4.53. The van der Waals surface area contributed by atoms with Crippen molar-refractivity contribution in [1.29, 1.82) is 0 Å². The van der Waals surface area contributed by atoms with Crippen LogP contribution in [0.5, 0.6) is 11.5 Å². The molecular weight excluding hydrogens is 349 g/mol. The summed E-state index contributed by atoms with van der Waals surface area (Å²) in [5, 5.41) is 8.98. The molecule has 0 atom stereocenters. The van der Waals surface area contributed by atoms with Crippen LogP contribution in [0.4, 0.5) is 13.2 Å². The van der Waals surface area contributed by atoms with Gasteiger partial charge in [0.25, 0.3) is 0 Å². The first-order valence-corrected chi connectivity index (χ1v) is 6.85. The highest BCUT2D eigenvalue weighted by molar-refractivity contribution is 9.10. The number of rotatable bonds is 3. The zero-order chi connectivity index (χ0) is 15.6. The Labute approximate surface area is 128 Å². The Hall–Kier alpha value is -1.53. The van der Waals surface area contributed by atoms with Crippen LogP contribution in [-0.2, 0) is 12.8 Å². The predicted molar refractivity (Wildman–Crippen MR) is 76.3 cm³/mol. The highest BCUT2D eigenvalue weighted by Crippen LogP contribution is 2.36. The Bertz CT molecular complexity index is 654. The second-order valence-corrected chi connectivity index (χ2v) is 5.34. The fraction of sp³-hybridized carbons (Fsp3) is 0.200. The first-order valence-electron chi connectivity index (χ1n) is 6.06. The van der Waals surface area contributed by atoms with Crippen molar-refractivity contribution in [3.8, 4) is 11.5 Å². The molecule has 0 bridgehead atoms. The predicted octanol–water partition coefficient (Wildman–Crippen LogP) is 5.06. The summed E-state index contributed by atoms with van der Waals surface area (Å²) in [5.74, 6) is 0.516. The third kappa shape index (κ3) is 3.77. The second kappa shape index (κ2) is 6.07. The van der Waals surface area contributed by atoms with Gasteiger partial charge < -0.3 is 9.84 Å². The van der Waals surface area contributed by atoms with Gasteiger partial charge in [0.2, 0.25) is 0 Å². The van der Waals surface area contributed by atoms with Gasteiger partial charge in [0.05, 0.1) is 12.2 Å². The number of aliphatic hydroxyl groups excluding tert-OH is 1. The summed E-state index contributed by atoms with van der Waals surface area (Å²) in [4.78, 5) is 0. The summed E-state index contributed by atoms with van der Waals surface area (Å²) in [5.41, 5.74) is -0.159. The molecule has 0 aromatic heterocycles. The van der Waals surface area contributed by atoms with Gasteiger partial charge in [0.1, 0.15) is 11.5 Å². The maximum absolute atomic E-state index is 12.9. The second-order valence-electron chi connectivity index (χ2n) is 4.49. The Morgan fingerprint density at radius 1 is 1.10 bits per heavy atom. The topological polar surface area (TPSA) is 29.5 Å². The molecule has 1 N–H and O–H groups in total. The van der Waals surface area contributed by atoms with E-state index >= 15 is 0 Å². The monoisotopic (exact) mass is 360 g/mol. The zero-order valence-electron chi connectivity index (χ0n) is 11.0. The van der Waals surface area contributed by atoms with E-state index in [-0.39, 0.29) is 11.3 Å². The van der Waals surface area contributed by atoms with E-state index in [1.165, 1.54) is 12.1 Å². The molecule has 0 aliphatic rings. The van der Waals surface area contributed by atoms with Crippen molar-refractivity contribution in [3.05, 3.63) is 57.6 Å². The van der Waals surface area contributed by atoms with Gasteiger partial charge >= 0.3 is 6.18 Å². The van der Waals surface area contributed by atoms with Gasteiger partial charge in [0, 0.05) is 4.47 Å². The number of aryl methyl sites for hydroxylation is 1. The molecule has 2 nitrogen and oxygen atoms in total. The molecule has 0 amide bonds. The summed E-state index contributed by atoms with van der Waals surface area (Å²) >= 11 is 3.34. The van der Waals surface area contributed by atoms with Crippen molar-refractivity contribution in [3.63, 3.8) is 0 Å². The molecule has 21 heavy (non-hydrogen) atoms. The lowest BCUT2D eigenvalue weighted by Gasteiger charge is -2.14. The number of hydrogen-bond acceptors (Lipinski definition) is 2. The highest BCUT2D eigenvalue weighted by atomic mass is 79.9. The van der Waals surface area contributed by atoms with E-state index in [0.29, 0.717) is 5.75 Å². The molecule has 0 radical (unpaired) electrons. The SMILES string of the molecule is Cc1cc(Oc2ccc(CO)c(C(F)(F)F)c2)ccc1Br. The molecule has 0 saturated carbocycles. The smallest absolute Gasteiger partial charge is 0.416 e. The van der Waals surface area contributed by atoms with Crippen molar-refractivity contribution < 1.29 is 23.0 Å². The van der Waals surface area contributed by atoms with Gasteiger partial charge in [-0.3, -0.25) is 0 Å². The number of hydrogen-bond donors (Lipinski definition) is 1. The number of ether oxygens (including phenoxy) is 1. The minimum absolute atomic E-state index is 0.0706. The van der Waals surface area contributed by atoms with Gasteiger partial charge in [-0.25, -0.2) is 0 Å². The molecule has 0 aliphatic heterocycles. The fourth-order valence-electron chi connectivity index (χ4n) is 1.84. The Kier molecular flexibility index (Phi) is 4.58. The molecule has 2 rings (SSSR count). The van der Waals surface area contributed by atoms with Crippen LogP contribution in [0.3, 0.4) is 0 Å². The van der Waals surface area contributed by atoms with Crippen LogP contribution in [-0.4, -0.2) is 5.11 Å². The van der Waals surface area contributed by atoms with Crippen LogP contribution in [0.25, 0.3) is 0 Å². The number of benzene rings is 2. The lowest BCUT2D eigenvalue weighted by atomic mass is 10.1. The van der Waals surface area contributed by atoms with E-state index in [4.69, 9.17) is 9.84 Å². The summed E-state index contributed by atoms with van der Waals surface area (Å²) in [7, 11) is 0. The van der Waals surface area contributed by atoms with E-state index in [2.05, 4.69) is 15.9 Å². The average Bonchev–Trinajstić information content (AvgIpc) is 2.42. The Morgan fingerprint density at radius 2 is 1.71 bits per heavy atom. The summed E-state index contributed by atoms with van der Waals surface area (Å²) in [6.45, 7) is 1.18. The fourth-order valence-corrected chi connectivity index (χ4v) is 2.08. The molecule has 0 fully saturated rings. The minimum Gasteiger partial charge on any atom is -0.457 e. The molecule has 0 aliphatic carbocycles. The van der Waals surface area contributed by atoms with Crippen molar-refractivity contribution in [1.82, 2.24) is 0 Å². The third-order valence-electron chi connectivity index (χ3n) is 2.92. The molecule has 0 unspecified atom stereocenters. The summed E-state index contributed by atoms with van der Waals surface area (Å²) in [6.07, 6.45) is -4.53. The van der Waals surface area contributed by atoms with Crippen LogP contribution < -0.4 is 4.74 Å². The molecule has 0 saturated heterocycles. The van der Waals surface area contributed by atoms with Crippen LogP contribution >= 0.6 is 15.9 Å². The highest BCUT2D eigenvalue weighted by Gasteiger charge is 2.33. The van der Waals surface area contributed by atoms with Crippen LogP contribution in [0.1, 0.15) is 16.7 Å². The van der Waals surface area contributed by atoms with E-state index in [1.807, 2.05) is 6.92 Å². The van der Waals surface area contributed by atoms with Gasteiger partial charge in [0.15, 0.2) is 0 Å². The number of alkyl halides is 3. The summed E-state index contributed by atoms with van der Waals surface area (Å²) in [6, 6.07) is 8.64. The van der Waals surface area contributed by atoms with Gasteiger partial charge in [-0.1, -0.05) is 22.0 Å². The lowest BCUT2D eigenvalue weighted by Crippen LogP contribution is -2.09.